The van der Waals surface area contributed by atoms with Crippen molar-refractivity contribution in [3.8, 4) is 0 Å². The average Bonchev–Trinajstić information content (AvgIpc) is 2.22. The molecule has 2 rings (SSSR count). The molecule has 0 amide bonds. The maximum atomic E-state index is 4.04. The third kappa shape index (κ3) is 1.49. The van der Waals surface area contributed by atoms with E-state index in [4.69, 9.17) is 0 Å². The second-order valence-corrected chi connectivity index (χ2v) is 3.35. The van der Waals surface area contributed by atoms with Gasteiger partial charge in [0, 0.05) is 24.5 Å². The third-order valence-corrected chi connectivity index (χ3v) is 2.35. The molecule has 0 spiro atoms. The van der Waals surface area contributed by atoms with Crippen LogP contribution >= 0.6 is 0 Å². The van der Waals surface area contributed by atoms with Crippen LogP contribution in [-0.4, -0.2) is 7.05 Å². The number of hydrogen-bond donors (Lipinski definition) is 0. The molecule has 0 saturated heterocycles. The minimum Gasteiger partial charge on any atom is -0.351 e. The molecule has 1 aliphatic heterocycles. The summed E-state index contributed by atoms with van der Waals surface area (Å²) in [7, 11) is 2.04. The summed E-state index contributed by atoms with van der Waals surface area (Å²) < 4.78 is 0. The minimum atomic E-state index is 1.05. The van der Waals surface area contributed by atoms with Gasteiger partial charge in [0.2, 0.25) is 0 Å². The van der Waals surface area contributed by atoms with E-state index in [0.717, 1.165) is 5.57 Å². The monoisotopic (exact) mass is 183 g/mol. The van der Waals surface area contributed by atoms with Gasteiger partial charge < -0.3 is 4.90 Å². The van der Waals surface area contributed by atoms with Crippen molar-refractivity contribution in [2.75, 3.05) is 11.9 Å². The number of allylic oxidation sites excluding steroid dienone is 4. The van der Waals surface area contributed by atoms with E-state index in [9.17, 15) is 0 Å². The summed E-state index contributed by atoms with van der Waals surface area (Å²) in [5.41, 5.74) is 3.44. The van der Waals surface area contributed by atoms with Gasteiger partial charge in [0.1, 0.15) is 0 Å². The largest absolute Gasteiger partial charge is 0.351 e. The lowest BCUT2D eigenvalue weighted by Crippen LogP contribution is -2.10. The van der Waals surface area contributed by atoms with Crippen LogP contribution in [0.3, 0.4) is 0 Å². The van der Waals surface area contributed by atoms with E-state index in [1.807, 2.05) is 43.6 Å². The molecular weight excluding hydrogens is 170 g/mol. The maximum absolute atomic E-state index is 4.04. The number of hydrogen-bond acceptors (Lipinski definition) is 1. The molecular formula is C13H13N. The summed E-state index contributed by atoms with van der Waals surface area (Å²) in [5.74, 6) is 0. The molecule has 0 unspecified atom stereocenters. The highest BCUT2D eigenvalue weighted by Crippen LogP contribution is 2.27. The van der Waals surface area contributed by atoms with Gasteiger partial charge in [-0.3, -0.25) is 0 Å². The number of para-hydroxylation sites is 1. The fraction of sp³-hybridized carbons (Fsp3) is 0.0769. The second kappa shape index (κ2) is 3.54. The first-order valence-corrected chi connectivity index (χ1v) is 4.65. The molecule has 14 heavy (non-hydrogen) atoms. The lowest BCUT2D eigenvalue weighted by Gasteiger charge is -2.19. The molecule has 70 valence electrons. The van der Waals surface area contributed by atoms with Crippen molar-refractivity contribution in [2.45, 2.75) is 0 Å². The van der Waals surface area contributed by atoms with Gasteiger partial charge in [0.15, 0.2) is 0 Å². The summed E-state index contributed by atoms with van der Waals surface area (Å²) in [6.45, 7) is 4.04. The summed E-state index contributed by atoms with van der Waals surface area (Å²) >= 11 is 0. The molecule has 0 saturated carbocycles. The number of anilines is 1. The Morgan fingerprint density at radius 3 is 2.79 bits per heavy atom. The lowest BCUT2D eigenvalue weighted by atomic mass is 10.0. The van der Waals surface area contributed by atoms with Crippen molar-refractivity contribution in [3.63, 3.8) is 0 Å². The Morgan fingerprint density at radius 1 is 1.14 bits per heavy atom. The normalized spacial score (nSPS) is 19.5. The minimum absolute atomic E-state index is 1.05. The van der Waals surface area contributed by atoms with E-state index in [1.165, 1.54) is 11.3 Å². The Balaban J connectivity index is 2.60. The standard InChI is InChI=1S/C13H13N/c1-11-7-5-6-10-14(2)13-9-4-3-8-12(11)13/h3-10H,1H2,2H3/b7-5-,10-6-. The van der Waals surface area contributed by atoms with Crippen LogP contribution in [0.2, 0.25) is 0 Å². The topological polar surface area (TPSA) is 3.24 Å². The van der Waals surface area contributed by atoms with Crippen molar-refractivity contribution in [2.24, 2.45) is 0 Å². The second-order valence-electron chi connectivity index (χ2n) is 3.35. The SMILES string of the molecule is C=C1/C=C\C=C/N(C)c2ccccc21. The molecule has 0 aromatic heterocycles. The van der Waals surface area contributed by atoms with Crippen LogP contribution in [-0.2, 0) is 0 Å². The Kier molecular flexibility index (Phi) is 2.23. The van der Waals surface area contributed by atoms with Gasteiger partial charge in [0.05, 0.1) is 0 Å². The van der Waals surface area contributed by atoms with E-state index in [1.54, 1.807) is 0 Å². The first-order chi connectivity index (χ1) is 6.79. The van der Waals surface area contributed by atoms with Crippen LogP contribution in [0.1, 0.15) is 5.56 Å². The van der Waals surface area contributed by atoms with Crippen molar-refractivity contribution in [3.05, 3.63) is 60.8 Å². The highest BCUT2D eigenvalue weighted by atomic mass is 15.1. The Morgan fingerprint density at radius 2 is 1.93 bits per heavy atom. The van der Waals surface area contributed by atoms with Crippen molar-refractivity contribution < 1.29 is 0 Å². The number of nitrogens with zero attached hydrogens (tertiary/aromatic N) is 1. The molecule has 0 atom stereocenters. The van der Waals surface area contributed by atoms with Gasteiger partial charge >= 0.3 is 0 Å². The van der Waals surface area contributed by atoms with E-state index in [0.29, 0.717) is 0 Å². The summed E-state index contributed by atoms with van der Waals surface area (Å²) in [5, 5.41) is 0. The van der Waals surface area contributed by atoms with Crippen LogP contribution in [0, 0.1) is 0 Å². The van der Waals surface area contributed by atoms with Gasteiger partial charge in [-0.2, -0.15) is 0 Å². The van der Waals surface area contributed by atoms with E-state index in [2.05, 4.69) is 23.6 Å². The first-order valence-electron chi connectivity index (χ1n) is 4.65. The predicted octanol–water partition coefficient (Wildman–Crippen LogP) is 3.22. The molecule has 0 bridgehead atoms. The van der Waals surface area contributed by atoms with Gasteiger partial charge in [-0.05, 0) is 17.7 Å². The molecule has 1 aliphatic rings. The average molecular weight is 183 g/mol. The van der Waals surface area contributed by atoms with E-state index in [-0.39, 0.29) is 0 Å². The molecule has 1 aromatic rings. The molecule has 0 N–H and O–H groups in total. The molecule has 0 aliphatic carbocycles. The van der Waals surface area contributed by atoms with E-state index >= 15 is 0 Å². The van der Waals surface area contributed by atoms with Crippen molar-refractivity contribution >= 4 is 11.3 Å². The van der Waals surface area contributed by atoms with Crippen LogP contribution in [0.4, 0.5) is 5.69 Å². The molecule has 0 radical (unpaired) electrons. The van der Waals surface area contributed by atoms with Gasteiger partial charge in [-0.15, -0.1) is 0 Å². The number of fused-ring (bicyclic) bond motifs is 1. The zero-order chi connectivity index (χ0) is 9.97. The van der Waals surface area contributed by atoms with Crippen LogP contribution < -0.4 is 4.90 Å². The van der Waals surface area contributed by atoms with Crippen LogP contribution in [0.5, 0.6) is 0 Å². The molecule has 1 heteroatoms. The highest BCUT2D eigenvalue weighted by Gasteiger charge is 2.06. The predicted molar refractivity (Wildman–Crippen MR) is 62.2 cm³/mol. The zero-order valence-electron chi connectivity index (χ0n) is 8.27. The maximum Gasteiger partial charge on any atom is 0.0482 e. The van der Waals surface area contributed by atoms with Crippen molar-refractivity contribution in [1.82, 2.24) is 0 Å². The van der Waals surface area contributed by atoms with Crippen molar-refractivity contribution in [1.29, 1.82) is 0 Å². The summed E-state index contributed by atoms with van der Waals surface area (Å²) in [4.78, 5) is 2.10. The number of benzene rings is 1. The van der Waals surface area contributed by atoms with Gasteiger partial charge in [-0.1, -0.05) is 36.9 Å². The van der Waals surface area contributed by atoms with Crippen LogP contribution in [0.25, 0.3) is 5.57 Å². The van der Waals surface area contributed by atoms with Gasteiger partial charge in [0.25, 0.3) is 0 Å². The third-order valence-electron chi connectivity index (χ3n) is 2.35. The first kappa shape index (κ1) is 8.82. The fourth-order valence-electron chi connectivity index (χ4n) is 1.57. The highest BCUT2D eigenvalue weighted by molar-refractivity contribution is 5.82. The number of rotatable bonds is 0. The summed E-state index contributed by atoms with van der Waals surface area (Å²) in [6.07, 6.45) is 8.10. The zero-order valence-corrected chi connectivity index (χ0v) is 8.27. The fourth-order valence-corrected chi connectivity index (χ4v) is 1.57. The quantitative estimate of drug-likeness (QED) is 0.597. The summed E-state index contributed by atoms with van der Waals surface area (Å²) in [6, 6.07) is 8.28. The Hall–Kier alpha value is -1.76. The van der Waals surface area contributed by atoms with E-state index < -0.39 is 0 Å². The molecule has 1 nitrogen and oxygen atoms in total. The lowest BCUT2D eigenvalue weighted by molar-refractivity contribution is 1.19. The molecule has 1 heterocycles. The smallest absolute Gasteiger partial charge is 0.0482 e. The van der Waals surface area contributed by atoms with Crippen LogP contribution in [0.15, 0.2) is 55.3 Å². The Bertz CT molecular complexity index is 413. The molecule has 0 fully saturated rings. The Labute approximate surface area is 84.7 Å². The molecule has 1 aromatic carbocycles. The van der Waals surface area contributed by atoms with Gasteiger partial charge in [-0.25, -0.2) is 0 Å².